The maximum absolute atomic E-state index is 10.1. The topological polar surface area (TPSA) is 248 Å². The molecule has 0 aromatic carbocycles. The molecule has 0 bridgehead atoms. The lowest BCUT2D eigenvalue weighted by Gasteiger charge is -2.37. The van der Waals surface area contributed by atoms with Crippen molar-refractivity contribution in [2.75, 3.05) is 34.3 Å². The van der Waals surface area contributed by atoms with Crippen molar-refractivity contribution in [3.05, 3.63) is 0 Å². The standard InChI is InChI=1S/C7H15NO3.C6H12O6.H3O4P/c1-8(2,3)5-6(9)4-7(10)11;7-1-2-3(8)4(9)5(10)6(11)12-2;1-5(2,3)4/h6,9H,4-5H2,1-3H3;2-11H,1H2;(H3,1,2,3,4)/t;2-,3-,4+,5-,6+;/m.1./s1. The normalized spacial score (nSPS) is 28.9. The van der Waals surface area contributed by atoms with Crippen LogP contribution in [-0.2, 0) is 14.1 Å². The van der Waals surface area contributed by atoms with E-state index in [1.807, 2.05) is 21.1 Å². The lowest BCUT2D eigenvalue weighted by Crippen LogP contribution is -2.58. The fraction of sp³-hybridized carbons (Fsp3) is 0.923. The van der Waals surface area contributed by atoms with Crippen molar-refractivity contribution in [2.45, 2.75) is 43.2 Å². The number of aliphatic hydroxyl groups is 6. The van der Waals surface area contributed by atoms with Crippen LogP contribution in [0.3, 0.4) is 0 Å². The van der Waals surface area contributed by atoms with Crippen LogP contribution in [0.15, 0.2) is 0 Å². The van der Waals surface area contributed by atoms with E-state index >= 15 is 0 Å². The number of nitrogens with zero attached hydrogens (tertiary/aromatic N) is 1. The Hall–Kier alpha value is -0.740. The van der Waals surface area contributed by atoms with E-state index in [-0.39, 0.29) is 6.42 Å². The SMILES string of the molecule is C[N+](C)(C)CC(O)CC(=O)O.O=P([O-])(O)O.OC[C@H]1O[C@H](O)[C@H](O)[C@@H](O)[C@@H]1O. The fourth-order valence-electron chi connectivity index (χ4n) is 1.98. The minimum Gasteiger partial charge on any atom is -0.756 e. The molecule has 0 saturated carbocycles. The van der Waals surface area contributed by atoms with E-state index in [1.165, 1.54) is 0 Å². The molecule has 6 atom stereocenters. The molecule has 1 unspecified atom stereocenters. The highest BCUT2D eigenvalue weighted by Crippen LogP contribution is 2.19. The molecule has 9 N–H and O–H groups in total. The Balaban J connectivity index is 0. The number of phosphoric acid groups is 1. The number of carboxylic acid groups (broad SMARTS) is 1. The van der Waals surface area contributed by atoms with Crippen molar-refractivity contribution in [2.24, 2.45) is 0 Å². The maximum Gasteiger partial charge on any atom is 0.306 e. The molecule has 1 fully saturated rings. The van der Waals surface area contributed by atoms with Crippen LogP contribution in [-0.4, -0.2) is 127 Å². The minimum atomic E-state index is -4.89. The van der Waals surface area contributed by atoms with Crippen molar-refractivity contribution in [3.63, 3.8) is 0 Å². The molecule has 0 radical (unpaired) electrons. The minimum absolute atomic E-state index is 0.171. The van der Waals surface area contributed by atoms with Gasteiger partial charge >= 0.3 is 5.97 Å². The van der Waals surface area contributed by atoms with E-state index in [1.54, 1.807) is 0 Å². The summed E-state index contributed by atoms with van der Waals surface area (Å²) in [6.45, 7) is -0.0612. The lowest BCUT2D eigenvalue weighted by atomic mass is 10.00. The summed E-state index contributed by atoms with van der Waals surface area (Å²) in [5.74, 6) is -0.953. The van der Waals surface area contributed by atoms with Crippen LogP contribution in [0.2, 0.25) is 0 Å². The third-order valence-electron chi connectivity index (χ3n) is 3.04. The summed E-state index contributed by atoms with van der Waals surface area (Å²) >= 11 is 0. The molecule has 1 heterocycles. The Bertz CT molecular complexity index is 480. The summed E-state index contributed by atoms with van der Waals surface area (Å²) in [5, 5.41) is 62.1. The van der Waals surface area contributed by atoms with E-state index in [0.29, 0.717) is 11.0 Å². The highest BCUT2D eigenvalue weighted by atomic mass is 31.2. The number of hydrogen-bond acceptors (Lipinski definition) is 10. The Kier molecular flexibility index (Phi) is 13.4. The summed E-state index contributed by atoms with van der Waals surface area (Å²) < 4.78 is 13.9. The Morgan fingerprint density at radius 3 is 1.86 bits per heavy atom. The van der Waals surface area contributed by atoms with Gasteiger partial charge in [0.1, 0.15) is 37.1 Å². The third kappa shape index (κ3) is 16.2. The van der Waals surface area contributed by atoms with Gasteiger partial charge in [0, 0.05) is 0 Å². The average Bonchev–Trinajstić information content (AvgIpc) is 2.45. The second kappa shape index (κ2) is 12.7. The number of quaternary nitrogens is 1. The number of aliphatic carboxylic acids is 1. The molecule has 1 aliphatic rings. The summed E-state index contributed by atoms with van der Waals surface area (Å²) in [4.78, 5) is 33.1. The molecular formula is C13H30NO13P. The first kappa shape index (κ1) is 29.5. The van der Waals surface area contributed by atoms with Gasteiger partial charge in [0.25, 0.3) is 7.82 Å². The first-order chi connectivity index (χ1) is 12.4. The Labute approximate surface area is 161 Å². The summed E-state index contributed by atoms with van der Waals surface area (Å²) in [7, 11) is 0.835. The van der Waals surface area contributed by atoms with E-state index in [2.05, 4.69) is 4.74 Å². The Morgan fingerprint density at radius 2 is 1.54 bits per heavy atom. The highest BCUT2D eigenvalue weighted by Gasteiger charge is 2.42. The highest BCUT2D eigenvalue weighted by molar-refractivity contribution is 7.43. The lowest BCUT2D eigenvalue weighted by molar-refractivity contribution is -0.873. The molecule has 15 heteroatoms. The molecule has 0 aromatic rings. The van der Waals surface area contributed by atoms with Crippen LogP contribution in [0.1, 0.15) is 6.42 Å². The monoisotopic (exact) mass is 439 g/mol. The van der Waals surface area contributed by atoms with Crippen molar-refractivity contribution >= 4 is 13.8 Å². The van der Waals surface area contributed by atoms with Crippen LogP contribution in [0.4, 0.5) is 0 Å². The maximum atomic E-state index is 10.1. The van der Waals surface area contributed by atoms with E-state index in [9.17, 15) is 4.79 Å². The van der Waals surface area contributed by atoms with Gasteiger partial charge in [-0.05, 0) is 0 Å². The van der Waals surface area contributed by atoms with E-state index < -0.39 is 57.2 Å². The molecule has 28 heavy (non-hydrogen) atoms. The van der Waals surface area contributed by atoms with Crippen LogP contribution < -0.4 is 4.89 Å². The van der Waals surface area contributed by atoms with Gasteiger partial charge in [-0.1, -0.05) is 0 Å². The zero-order valence-electron chi connectivity index (χ0n) is 15.6. The number of carboxylic acids is 1. The molecule has 1 saturated heterocycles. The number of rotatable bonds is 5. The third-order valence-corrected chi connectivity index (χ3v) is 3.04. The number of ether oxygens (including phenoxy) is 1. The smallest absolute Gasteiger partial charge is 0.306 e. The van der Waals surface area contributed by atoms with Gasteiger partial charge in [-0.3, -0.25) is 9.36 Å². The van der Waals surface area contributed by atoms with Gasteiger partial charge in [-0.25, -0.2) is 0 Å². The number of aliphatic hydroxyl groups excluding tert-OH is 6. The van der Waals surface area contributed by atoms with E-state index in [4.69, 9.17) is 55.0 Å². The molecule has 14 nitrogen and oxygen atoms in total. The van der Waals surface area contributed by atoms with Crippen molar-refractivity contribution in [1.82, 2.24) is 0 Å². The van der Waals surface area contributed by atoms with Crippen LogP contribution >= 0.6 is 7.82 Å². The molecule has 0 aliphatic carbocycles. The second-order valence-electron chi connectivity index (χ2n) is 6.93. The van der Waals surface area contributed by atoms with Gasteiger partial charge in [0.2, 0.25) is 0 Å². The van der Waals surface area contributed by atoms with Crippen LogP contribution in [0.25, 0.3) is 0 Å². The zero-order chi connectivity index (χ0) is 22.9. The number of likely N-dealkylation sites (N-methyl/N-ethyl adjacent to an activating group) is 1. The van der Waals surface area contributed by atoms with Gasteiger partial charge in [-0.15, -0.1) is 0 Å². The fourth-order valence-corrected chi connectivity index (χ4v) is 1.98. The first-order valence-electron chi connectivity index (χ1n) is 7.84. The molecule has 0 aromatic heterocycles. The second-order valence-corrected chi connectivity index (χ2v) is 7.92. The van der Waals surface area contributed by atoms with Gasteiger partial charge < -0.3 is 59.6 Å². The summed E-state index contributed by atoms with van der Waals surface area (Å²) in [5.41, 5.74) is 0. The molecule has 0 amide bonds. The van der Waals surface area contributed by atoms with Crippen LogP contribution in [0, 0.1) is 0 Å². The predicted molar refractivity (Wildman–Crippen MR) is 89.2 cm³/mol. The number of carbonyl (C=O) groups is 1. The molecule has 0 spiro atoms. The van der Waals surface area contributed by atoms with Gasteiger partial charge in [-0.2, -0.15) is 0 Å². The molecule has 1 rings (SSSR count). The predicted octanol–water partition coefficient (Wildman–Crippen LogP) is -5.25. The summed E-state index contributed by atoms with van der Waals surface area (Å²) in [6, 6.07) is 0. The van der Waals surface area contributed by atoms with Crippen molar-refractivity contribution in [1.29, 1.82) is 0 Å². The zero-order valence-corrected chi connectivity index (χ0v) is 16.5. The van der Waals surface area contributed by atoms with Crippen molar-refractivity contribution in [3.8, 4) is 0 Å². The average molecular weight is 439 g/mol. The quantitative estimate of drug-likeness (QED) is 0.144. The van der Waals surface area contributed by atoms with Crippen molar-refractivity contribution < 1.29 is 69.0 Å². The molecule has 1 aliphatic heterocycles. The first-order valence-corrected chi connectivity index (χ1v) is 9.37. The number of hydrogen-bond donors (Lipinski definition) is 9. The van der Waals surface area contributed by atoms with Crippen LogP contribution in [0.5, 0.6) is 0 Å². The summed E-state index contributed by atoms with van der Waals surface area (Å²) in [6.07, 6.45) is -7.95. The van der Waals surface area contributed by atoms with Gasteiger partial charge in [0.15, 0.2) is 6.29 Å². The van der Waals surface area contributed by atoms with E-state index in [0.717, 1.165) is 0 Å². The molecular weight excluding hydrogens is 409 g/mol. The largest absolute Gasteiger partial charge is 0.756 e. The molecule has 170 valence electrons. The van der Waals surface area contributed by atoms with Gasteiger partial charge in [0.05, 0.1) is 34.2 Å². The Morgan fingerprint density at radius 1 is 1.11 bits per heavy atom.